The number of hydrogen-bond acceptors (Lipinski definition) is 1. The fourth-order valence-corrected chi connectivity index (χ4v) is 1.69. The number of aryl methyl sites for hydroxylation is 2. The van der Waals surface area contributed by atoms with E-state index in [0.29, 0.717) is 0 Å². The van der Waals surface area contributed by atoms with Crippen LogP contribution in [0.1, 0.15) is 11.4 Å². The third-order valence-electron chi connectivity index (χ3n) is 2.80. The maximum atomic E-state index is 11.7. The van der Waals surface area contributed by atoms with Crippen LogP contribution in [0.15, 0.2) is 48.8 Å². The number of aromatic nitrogens is 2. The molecule has 0 N–H and O–H groups in total. The highest BCUT2D eigenvalue weighted by molar-refractivity contribution is 6.04. The van der Waals surface area contributed by atoms with Crippen LogP contribution in [0.3, 0.4) is 0 Å². The topological polar surface area (TPSA) is 26.9 Å². The van der Waals surface area contributed by atoms with E-state index in [4.69, 9.17) is 0 Å². The highest BCUT2D eigenvalue weighted by Crippen LogP contribution is 2.04. The summed E-state index contributed by atoms with van der Waals surface area (Å²) in [5, 5.41) is 0. The quantitative estimate of drug-likeness (QED) is 0.755. The second kappa shape index (κ2) is 5.36. The molecule has 0 bridgehead atoms. The molecule has 0 amide bonds. The Morgan fingerprint density at radius 2 is 1.39 bits per heavy atom. The van der Waals surface area contributed by atoms with Crippen molar-refractivity contribution >= 4 is 17.9 Å². The number of carbonyl (C=O) groups is 1. The maximum Gasteiger partial charge on any atom is 0.178 e. The summed E-state index contributed by atoms with van der Waals surface area (Å²) in [6.45, 7) is 0. The molecule has 0 saturated carbocycles. The molecule has 2 aromatic heterocycles. The van der Waals surface area contributed by atoms with Gasteiger partial charge >= 0.3 is 0 Å². The lowest BCUT2D eigenvalue weighted by Crippen LogP contribution is -1.91. The molecule has 0 saturated heterocycles. The Kier molecular flexibility index (Phi) is 3.63. The Morgan fingerprint density at radius 3 is 1.72 bits per heavy atom. The van der Waals surface area contributed by atoms with E-state index in [1.807, 2.05) is 72.0 Å². The zero-order valence-electron chi connectivity index (χ0n) is 10.6. The van der Waals surface area contributed by atoms with Gasteiger partial charge in [-0.05, 0) is 48.6 Å². The Hall–Kier alpha value is -2.29. The molecule has 0 spiro atoms. The number of nitrogens with zero attached hydrogens (tertiary/aromatic N) is 2. The molecule has 0 radical (unpaired) electrons. The van der Waals surface area contributed by atoms with E-state index in [2.05, 4.69) is 0 Å². The molecule has 2 rings (SSSR count). The predicted octanol–water partition coefficient (Wildman–Crippen LogP) is 2.66. The van der Waals surface area contributed by atoms with Crippen LogP contribution in [0.25, 0.3) is 12.2 Å². The molecule has 2 aromatic rings. The van der Waals surface area contributed by atoms with Crippen LogP contribution in [0, 0.1) is 0 Å². The number of ketones is 1. The Balaban J connectivity index is 2.01. The van der Waals surface area contributed by atoms with Gasteiger partial charge in [-0.1, -0.05) is 0 Å². The summed E-state index contributed by atoms with van der Waals surface area (Å²) >= 11 is 0. The van der Waals surface area contributed by atoms with Crippen molar-refractivity contribution in [1.29, 1.82) is 0 Å². The number of allylic oxidation sites excluding steroid dienone is 2. The van der Waals surface area contributed by atoms with E-state index in [0.717, 1.165) is 11.4 Å². The minimum absolute atomic E-state index is 0.0163. The first-order chi connectivity index (χ1) is 8.66. The van der Waals surface area contributed by atoms with Gasteiger partial charge in [0.05, 0.1) is 0 Å². The molecule has 92 valence electrons. The summed E-state index contributed by atoms with van der Waals surface area (Å²) in [7, 11) is 3.90. The van der Waals surface area contributed by atoms with Crippen LogP contribution in [0.5, 0.6) is 0 Å². The predicted molar refractivity (Wildman–Crippen MR) is 73.9 cm³/mol. The minimum Gasteiger partial charge on any atom is -0.351 e. The summed E-state index contributed by atoms with van der Waals surface area (Å²) in [6.07, 6.45) is 10.7. The smallest absolute Gasteiger partial charge is 0.178 e. The highest BCUT2D eigenvalue weighted by Gasteiger charge is 1.95. The van der Waals surface area contributed by atoms with E-state index < -0.39 is 0 Å². The molecule has 0 aromatic carbocycles. The molecule has 0 fully saturated rings. The standard InChI is InChI=1S/C15H16N2O/c1-16-11-3-5-13(16)7-9-15(18)10-8-14-6-4-12-17(14)2/h3-12H,1-2H3. The second-order valence-corrected chi connectivity index (χ2v) is 4.16. The maximum absolute atomic E-state index is 11.7. The molecule has 0 aliphatic rings. The van der Waals surface area contributed by atoms with Crippen LogP contribution in [0.2, 0.25) is 0 Å². The monoisotopic (exact) mass is 240 g/mol. The van der Waals surface area contributed by atoms with Crippen LogP contribution in [-0.4, -0.2) is 14.9 Å². The SMILES string of the molecule is Cn1cccc1C=CC(=O)C=Cc1cccn1C. The third kappa shape index (κ3) is 2.88. The average Bonchev–Trinajstić information content (AvgIpc) is 2.93. The van der Waals surface area contributed by atoms with Crippen molar-refractivity contribution in [3.05, 3.63) is 60.2 Å². The number of rotatable bonds is 4. The minimum atomic E-state index is -0.0163. The number of carbonyl (C=O) groups excluding carboxylic acids is 1. The fourth-order valence-electron chi connectivity index (χ4n) is 1.69. The Morgan fingerprint density at radius 1 is 0.944 bits per heavy atom. The summed E-state index contributed by atoms with van der Waals surface area (Å²) < 4.78 is 3.93. The second-order valence-electron chi connectivity index (χ2n) is 4.16. The molecule has 2 heterocycles. The van der Waals surface area contributed by atoms with Crippen molar-refractivity contribution in [3.63, 3.8) is 0 Å². The fraction of sp³-hybridized carbons (Fsp3) is 0.133. The summed E-state index contributed by atoms with van der Waals surface area (Å²) in [6, 6.07) is 7.82. The van der Waals surface area contributed by atoms with Crippen molar-refractivity contribution in [2.24, 2.45) is 14.1 Å². The first kappa shape index (κ1) is 12.2. The van der Waals surface area contributed by atoms with Gasteiger partial charge in [-0.3, -0.25) is 4.79 Å². The highest BCUT2D eigenvalue weighted by atomic mass is 16.1. The molecule has 0 aliphatic heterocycles. The van der Waals surface area contributed by atoms with Gasteiger partial charge in [0.1, 0.15) is 0 Å². The normalized spacial score (nSPS) is 11.7. The van der Waals surface area contributed by atoms with Crippen LogP contribution in [0.4, 0.5) is 0 Å². The molecule has 0 unspecified atom stereocenters. The van der Waals surface area contributed by atoms with Crippen molar-refractivity contribution in [2.45, 2.75) is 0 Å². The lowest BCUT2D eigenvalue weighted by Gasteiger charge is -1.95. The van der Waals surface area contributed by atoms with E-state index in [9.17, 15) is 4.79 Å². The lowest BCUT2D eigenvalue weighted by molar-refractivity contribution is -0.110. The van der Waals surface area contributed by atoms with Crippen molar-refractivity contribution in [1.82, 2.24) is 9.13 Å². The van der Waals surface area contributed by atoms with Crippen molar-refractivity contribution in [2.75, 3.05) is 0 Å². The summed E-state index contributed by atoms with van der Waals surface area (Å²) in [5.41, 5.74) is 2.02. The van der Waals surface area contributed by atoms with E-state index >= 15 is 0 Å². The van der Waals surface area contributed by atoms with Gasteiger partial charge in [0.15, 0.2) is 5.78 Å². The van der Waals surface area contributed by atoms with Gasteiger partial charge in [-0.25, -0.2) is 0 Å². The van der Waals surface area contributed by atoms with Crippen LogP contribution in [-0.2, 0) is 18.9 Å². The molecular weight excluding hydrogens is 224 g/mol. The first-order valence-corrected chi connectivity index (χ1v) is 5.79. The van der Waals surface area contributed by atoms with Gasteiger partial charge in [0, 0.05) is 37.9 Å². The van der Waals surface area contributed by atoms with Crippen molar-refractivity contribution in [3.8, 4) is 0 Å². The van der Waals surface area contributed by atoms with Gasteiger partial charge in [-0.2, -0.15) is 0 Å². The number of hydrogen-bond donors (Lipinski definition) is 0. The molecular formula is C15H16N2O. The summed E-state index contributed by atoms with van der Waals surface area (Å²) in [5.74, 6) is -0.0163. The third-order valence-corrected chi connectivity index (χ3v) is 2.80. The molecule has 0 aliphatic carbocycles. The zero-order valence-corrected chi connectivity index (χ0v) is 10.6. The Labute approximate surface area is 107 Å². The van der Waals surface area contributed by atoms with Crippen LogP contribution < -0.4 is 0 Å². The van der Waals surface area contributed by atoms with Crippen LogP contribution >= 0.6 is 0 Å². The van der Waals surface area contributed by atoms with E-state index in [1.165, 1.54) is 0 Å². The molecule has 18 heavy (non-hydrogen) atoms. The lowest BCUT2D eigenvalue weighted by atomic mass is 10.2. The van der Waals surface area contributed by atoms with E-state index in [1.54, 1.807) is 12.2 Å². The molecule has 3 nitrogen and oxygen atoms in total. The van der Waals surface area contributed by atoms with E-state index in [-0.39, 0.29) is 5.78 Å². The van der Waals surface area contributed by atoms with Gasteiger partial charge in [0.25, 0.3) is 0 Å². The Bertz CT molecular complexity index is 547. The summed E-state index contributed by atoms with van der Waals surface area (Å²) in [4.78, 5) is 11.7. The zero-order chi connectivity index (χ0) is 13.0. The average molecular weight is 240 g/mol. The van der Waals surface area contributed by atoms with Crippen molar-refractivity contribution < 1.29 is 4.79 Å². The molecule has 0 atom stereocenters. The largest absolute Gasteiger partial charge is 0.351 e. The molecule has 3 heteroatoms. The van der Waals surface area contributed by atoms with Gasteiger partial charge in [0.2, 0.25) is 0 Å². The van der Waals surface area contributed by atoms with Gasteiger partial charge < -0.3 is 9.13 Å². The van der Waals surface area contributed by atoms with Gasteiger partial charge in [-0.15, -0.1) is 0 Å². The first-order valence-electron chi connectivity index (χ1n) is 5.79.